The molecule has 0 radical (unpaired) electrons. The third-order valence-electron chi connectivity index (χ3n) is 5.30. The summed E-state index contributed by atoms with van der Waals surface area (Å²) in [5, 5.41) is 1.82. The molecule has 3 heterocycles. The Balaban J connectivity index is 1.48. The van der Waals surface area contributed by atoms with Crippen LogP contribution in [0.25, 0.3) is 21.1 Å². The first kappa shape index (κ1) is 16.6. The van der Waals surface area contributed by atoms with Crippen LogP contribution in [0, 0.1) is 6.92 Å². The largest absolute Gasteiger partial charge is 0.309 e. The predicted molar refractivity (Wildman–Crippen MR) is 109 cm³/mol. The SMILES string of the molecule is Cc1cccc2c(=O)[nH]c(CN3CCC[C@H]3c3nc4ccccc4s3)nc12. The van der Waals surface area contributed by atoms with E-state index < -0.39 is 0 Å². The number of para-hydroxylation sites is 2. The first-order valence-corrected chi connectivity index (χ1v) is 10.1. The molecule has 1 N–H and O–H groups in total. The van der Waals surface area contributed by atoms with Crippen LogP contribution in [-0.4, -0.2) is 26.4 Å². The Morgan fingerprint density at radius 3 is 2.96 bits per heavy atom. The van der Waals surface area contributed by atoms with E-state index in [1.54, 1.807) is 11.3 Å². The number of aromatic amines is 1. The first-order chi connectivity index (χ1) is 13.2. The number of rotatable bonds is 3. The van der Waals surface area contributed by atoms with Gasteiger partial charge in [-0.3, -0.25) is 9.69 Å². The molecule has 5 rings (SSSR count). The highest BCUT2D eigenvalue weighted by atomic mass is 32.1. The monoisotopic (exact) mass is 376 g/mol. The number of benzene rings is 2. The maximum absolute atomic E-state index is 12.5. The van der Waals surface area contributed by atoms with Crippen LogP contribution in [0.2, 0.25) is 0 Å². The molecule has 1 aliphatic rings. The molecule has 0 aliphatic carbocycles. The van der Waals surface area contributed by atoms with E-state index in [1.807, 2.05) is 31.2 Å². The fraction of sp³-hybridized carbons (Fsp3) is 0.286. The van der Waals surface area contributed by atoms with Gasteiger partial charge in [0, 0.05) is 0 Å². The Kier molecular flexibility index (Phi) is 4.02. The molecule has 5 nitrogen and oxygen atoms in total. The van der Waals surface area contributed by atoms with Crippen LogP contribution in [0.5, 0.6) is 0 Å². The van der Waals surface area contributed by atoms with Crippen LogP contribution in [0.1, 0.15) is 35.3 Å². The van der Waals surface area contributed by atoms with E-state index in [0.29, 0.717) is 18.0 Å². The molecule has 0 saturated carbocycles. The molecule has 1 aliphatic heterocycles. The van der Waals surface area contributed by atoms with Crippen molar-refractivity contribution in [2.24, 2.45) is 0 Å². The average Bonchev–Trinajstić information content (AvgIpc) is 3.29. The summed E-state index contributed by atoms with van der Waals surface area (Å²) in [6, 6.07) is 14.3. The number of hydrogen-bond acceptors (Lipinski definition) is 5. The van der Waals surface area contributed by atoms with Crippen LogP contribution >= 0.6 is 11.3 Å². The normalized spacial score (nSPS) is 17.9. The zero-order valence-electron chi connectivity index (χ0n) is 15.1. The molecule has 2 aromatic carbocycles. The Labute approximate surface area is 160 Å². The summed E-state index contributed by atoms with van der Waals surface area (Å²) in [4.78, 5) is 27.4. The zero-order chi connectivity index (χ0) is 18.4. The van der Waals surface area contributed by atoms with Crippen molar-refractivity contribution < 1.29 is 0 Å². The van der Waals surface area contributed by atoms with Gasteiger partial charge in [-0.2, -0.15) is 0 Å². The van der Waals surface area contributed by atoms with Gasteiger partial charge in [-0.1, -0.05) is 24.3 Å². The van der Waals surface area contributed by atoms with E-state index in [1.165, 1.54) is 4.70 Å². The van der Waals surface area contributed by atoms with Crippen LogP contribution in [0.3, 0.4) is 0 Å². The third kappa shape index (κ3) is 2.95. The highest BCUT2D eigenvalue weighted by molar-refractivity contribution is 7.18. The molecular formula is C21H20N4OS. The number of hydrogen-bond donors (Lipinski definition) is 1. The van der Waals surface area contributed by atoms with E-state index in [2.05, 4.69) is 28.1 Å². The molecule has 27 heavy (non-hydrogen) atoms. The number of thiazole rings is 1. The summed E-state index contributed by atoms with van der Waals surface area (Å²) >= 11 is 1.77. The van der Waals surface area contributed by atoms with E-state index in [9.17, 15) is 4.79 Å². The third-order valence-corrected chi connectivity index (χ3v) is 6.44. The summed E-state index contributed by atoms with van der Waals surface area (Å²) in [5.74, 6) is 0.731. The number of nitrogens with zero attached hydrogens (tertiary/aromatic N) is 3. The lowest BCUT2D eigenvalue weighted by molar-refractivity contribution is 0.242. The lowest BCUT2D eigenvalue weighted by atomic mass is 10.1. The van der Waals surface area contributed by atoms with Gasteiger partial charge >= 0.3 is 0 Å². The zero-order valence-corrected chi connectivity index (χ0v) is 15.9. The predicted octanol–water partition coefficient (Wildman–Crippen LogP) is 4.18. The minimum atomic E-state index is -0.0607. The highest BCUT2D eigenvalue weighted by Crippen LogP contribution is 2.36. The van der Waals surface area contributed by atoms with Crippen molar-refractivity contribution in [2.75, 3.05) is 6.54 Å². The van der Waals surface area contributed by atoms with Crippen molar-refractivity contribution in [2.45, 2.75) is 32.4 Å². The maximum Gasteiger partial charge on any atom is 0.258 e. The van der Waals surface area contributed by atoms with Gasteiger partial charge < -0.3 is 4.98 Å². The number of fused-ring (bicyclic) bond motifs is 2. The molecular weight excluding hydrogens is 356 g/mol. The highest BCUT2D eigenvalue weighted by Gasteiger charge is 2.29. The molecule has 6 heteroatoms. The fourth-order valence-corrected chi connectivity index (χ4v) is 5.08. The van der Waals surface area contributed by atoms with Crippen LogP contribution in [-0.2, 0) is 6.54 Å². The number of H-pyrrole nitrogens is 1. The Morgan fingerprint density at radius 1 is 1.19 bits per heavy atom. The second-order valence-corrected chi connectivity index (χ2v) is 8.19. The maximum atomic E-state index is 12.5. The summed E-state index contributed by atoms with van der Waals surface area (Å²) in [6.07, 6.45) is 2.23. The summed E-state index contributed by atoms with van der Waals surface area (Å²) in [6.45, 7) is 3.63. The van der Waals surface area contributed by atoms with Gasteiger partial charge in [0.25, 0.3) is 5.56 Å². The second-order valence-electron chi connectivity index (χ2n) is 7.13. The van der Waals surface area contributed by atoms with Gasteiger partial charge in [0.1, 0.15) is 10.8 Å². The van der Waals surface area contributed by atoms with Crippen LogP contribution < -0.4 is 5.56 Å². The van der Waals surface area contributed by atoms with Gasteiger partial charge in [0.05, 0.1) is 33.7 Å². The van der Waals surface area contributed by atoms with Gasteiger partial charge in [0.2, 0.25) is 0 Å². The molecule has 0 bridgehead atoms. The van der Waals surface area contributed by atoms with Gasteiger partial charge in [0.15, 0.2) is 0 Å². The van der Waals surface area contributed by atoms with Gasteiger partial charge in [-0.25, -0.2) is 9.97 Å². The minimum absolute atomic E-state index is 0.0607. The molecule has 0 unspecified atom stereocenters. The van der Waals surface area contributed by atoms with E-state index in [0.717, 1.165) is 46.8 Å². The van der Waals surface area contributed by atoms with Gasteiger partial charge in [-0.15, -0.1) is 11.3 Å². The van der Waals surface area contributed by atoms with Crippen molar-refractivity contribution in [3.63, 3.8) is 0 Å². The minimum Gasteiger partial charge on any atom is -0.309 e. The van der Waals surface area contributed by atoms with E-state index in [-0.39, 0.29) is 5.56 Å². The molecule has 4 aromatic rings. The van der Waals surface area contributed by atoms with Crippen LogP contribution in [0.4, 0.5) is 0 Å². The average molecular weight is 376 g/mol. The Hall–Kier alpha value is -2.57. The lowest BCUT2D eigenvalue weighted by Gasteiger charge is -2.22. The number of nitrogens with one attached hydrogen (secondary N) is 1. The summed E-state index contributed by atoms with van der Waals surface area (Å²) in [7, 11) is 0. The first-order valence-electron chi connectivity index (χ1n) is 9.27. The van der Waals surface area contributed by atoms with E-state index in [4.69, 9.17) is 9.97 Å². The molecule has 2 aromatic heterocycles. The molecule has 1 atom stereocenters. The molecule has 0 amide bonds. The fourth-order valence-electron chi connectivity index (χ4n) is 3.95. The van der Waals surface area contributed by atoms with Crippen molar-refractivity contribution in [1.29, 1.82) is 0 Å². The van der Waals surface area contributed by atoms with Crippen molar-refractivity contribution in [3.8, 4) is 0 Å². The van der Waals surface area contributed by atoms with Gasteiger partial charge in [-0.05, 0) is 50.1 Å². The van der Waals surface area contributed by atoms with Crippen LogP contribution in [0.15, 0.2) is 47.3 Å². The standard InChI is InChI=1S/C21H20N4OS/c1-13-6-4-7-14-19(13)23-18(24-20(14)26)12-25-11-5-9-16(25)21-22-15-8-2-3-10-17(15)27-21/h2-4,6-8,10,16H,5,9,11-12H2,1H3,(H,23,24,26)/t16-/m0/s1. The summed E-state index contributed by atoms with van der Waals surface area (Å²) in [5.41, 5.74) is 2.84. The number of aryl methyl sites for hydroxylation is 1. The summed E-state index contributed by atoms with van der Waals surface area (Å²) < 4.78 is 1.23. The Morgan fingerprint density at radius 2 is 2.07 bits per heavy atom. The molecule has 1 saturated heterocycles. The van der Waals surface area contributed by atoms with Crippen molar-refractivity contribution >= 4 is 32.5 Å². The second kappa shape index (κ2) is 6.55. The molecule has 136 valence electrons. The smallest absolute Gasteiger partial charge is 0.258 e. The number of aromatic nitrogens is 3. The number of likely N-dealkylation sites (tertiary alicyclic amines) is 1. The Bertz CT molecular complexity index is 1160. The molecule has 1 fully saturated rings. The van der Waals surface area contributed by atoms with Crippen molar-refractivity contribution in [3.05, 3.63) is 69.2 Å². The quantitative estimate of drug-likeness (QED) is 0.583. The van der Waals surface area contributed by atoms with Crippen molar-refractivity contribution in [1.82, 2.24) is 19.9 Å². The van der Waals surface area contributed by atoms with E-state index >= 15 is 0 Å². The lowest BCUT2D eigenvalue weighted by Crippen LogP contribution is -2.25. The molecule has 0 spiro atoms. The topological polar surface area (TPSA) is 61.9 Å².